The quantitative estimate of drug-likeness (QED) is 0.849. The zero-order chi connectivity index (χ0) is 15.5. The molecule has 0 amide bonds. The molecular weight excluding hydrogens is 281 g/mol. The number of Topliss-reactive ketones (excluding diaryl/α,β-unsaturated/α-hetero) is 1. The maximum absolute atomic E-state index is 12.4. The molecule has 112 valence electrons. The molecule has 0 N–H and O–H groups in total. The van der Waals surface area contributed by atoms with Crippen LogP contribution in [0.5, 0.6) is 0 Å². The van der Waals surface area contributed by atoms with Crippen molar-refractivity contribution in [1.29, 1.82) is 0 Å². The molecule has 1 aromatic carbocycles. The van der Waals surface area contributed by atoms with Gasteiger partial charge in [0.2, 0.25) is 0 Å². The molecule has 0 atom stereocenters. The van der Waals surface area contributed by atoms with Gasteiger partial charge in [-0.25, -0.2) is 4.98 Å². The van der Waals surface area contributed by atoms with E-state index in [2.05, 4.69) is 4.98 Å². The minimum Gasteiger partial charge on any atom is -0.338 e. The molecule has 0 aliphatic carbocycles. The van der Waals surface area contributed by atoms with Crippen molar-refractivity contribution < 1.29 is 18.0 Å². The number of hydrogen-bond donors (Lipinski definition) is 0. The van der Waals surface area contributed by atoms with Crippen molar-refractivity contribution in [3.63, 3.8) is 0 Å². The van der Waals surface area contributed by atoms with Crippen molar-refractivity contribution >= 4 is 5.78 Å². The van der Waals surface area contributed by atoms with Crippen LogP contribution in [0, 0.1) is 0 Å². The summed E-state index contributed by atoms with van der Waals surface area (Å²) in [6.45, 7) is 0. The summed E-state index contributed by atoms with van der Waals surface area (Å²) in [6, 6.07) is 4.70. The number of nitrogens with zero attached hydrogens (tertiary/aromatic N) is 2. The van der Waals surface area contributed by atoms with Crippen LogP contribution in [0.2, 0.25) is 0 Å². The lowest BCUT2D eigenvalue weighted by atomic mass is 10.0. The summed E-state index contributed by atoms with van der Waals surface area (Å²) in [5.41, 5.74) is -0.112. The number of halogens is 3. The highest BCUT2D eigenvalue weighted by atomic mass is 19.4. The summed E-state index contributed by atoms with van der Waals surface area (Å²) < 4.78 is 39.1. The lowest BCUT2D eigenvalue weighted by Crippen LogP contribution is -2.08. The van der Waals surface area contributed by atoms with Gasteiger partial charge < -0.3 is 4.57 Å². The fourth-order valence-corrected chi connectivity index (χ4v) is 2.02. The van der Waals surface area contributed by atoms with Crippen molar-refractivity contribution in [1.82, 2.24) is 9.55 Å². The van der Waals surface area contributed by atoms with Gasteiger partial charge in [0.1, 0.15) is 11.6 Å². The topological polar surface area (TPSA) is 34.9 Å². The number of imidazole rings is 1. The number of rotatable bonds is 5. The van der Waals surface area contributed by atoms with Gasteiger partial charge in [-0.2, -0.15) is 13.2 Å². The molecule has 0 radical (unpaired) electrons. The summed E-state index contributed by atoms with van der Waals surface area (Å²) in [4.78, 5) is 16.0. The molecule has 2 aromatic rings. The average Bonchev–Trinajstić information content (AvgIpc) is 2.81. The van der Waals surface area contributed by atoms with Gasteiger partial charge in [-0.05, 0) is 17.7 Å². The van der Waals surface area contributed by atoms with Gasteiger partial charge in [0.25, 0.3) is 0 Å². The zero-order valence-electron chi connectivity index (χ0n) is 11.5. The first-order valence-corrected chi connectivity index (χ1v) is 6.50. The first-order chi connectivity index (χ1) is 9.86. The molecule has 0 unspecified atom stereocenters. The van der Waals surface area contributed by atoms with Gasteiger partial charge in [-0.3, -0.25) is 4.79 Å². The number of aromatic nitrogens is 2. The lowest BCUT2D eigenvalue weighted by Gasteiger charge is -2.07. The molecule has 21 heavy (non-hydrogen) atoms. The van der Waals surface area contributed by atoms with E-state index >= 15 is 0 Å². The van der Waals surface area contributed by atoms with Gasteiger partial charge >= 0.3 is 6.18 Å². The number of ketones is 1. The van der Waals surface area contributed by atoms with E-state index in [-0.39, 0.29) is 12.2 Å². The van der Waals surface area contributed by atoms with Crippen LogP contribution in [0.3, 0.4) is 0 Å². The largest absolute Gasteiger partial charge is 0.416 e. The Morgan fingerprint density at radius 3 is 2.43 bits per heavy atom. The molecule has 1 aromatic heterocycles. The van der Waals surface area contributed by atoms with Crippen molar-refractivity contribution in [2.24, 2.45) is 7.05 Å². The van der Waals surface area contributed by atoms with E-state index in [9.17, 15) is 18.0 Å². The van der Waals surface area contributed by atoms with E-state index in [1.807, 2.05) is 11.6 Å². The molecule has 1 heterocycles. The number of hydrogen-bond acceptors (Lipinski definition) is 2. The fourth-order valence-electron chi connectivity index (χ4n) is 2.02. The zero-order valence-corrected chi connectivity index (χ0v) is 11.5. The highest BCUT2D eigenvalue weighted by Gasteiger charge is 2.29. The Morgan fingerprint density at radius 1 is 1.24 bits per heavy atom. The number of carbonyl (C=O) groups excluding carboxylic acids is 1. The molecule has 0 aliphatic heterocycles. The van der Waals surface area contributed by atoms with Crippen molar-refractivity contribution in [3.8, 4) is 0 Å². The molecule has 0 spiro atoms. The normalized spacial score (nSPS) is 11.6. The van der Waals surface area contributed by atoms with Crippen LogP contribution >= 0.6 is 0 Å². The Labute approximate surface area is 120 Å². The van der Waals surface area contributed by atoms with Crippen molar-refractivity contribution in [2.45, 2.75) is 25.4 Å². The summed E-state index contributed by atoms with van der Waals surface area (Å²) in [7, 11) is 1.85. The summed E-state index contributed by atoms with van der Waals surface area (Å²) in [5.74, 6) is 0.800. The van der Waals surface area contributed by atoms with Crippen LogP contribution in [-0.4, -0.2) is 15.3 Å². The van der Waals surface area contributed by atoms with E-state index in [4.69, 9.17) is 0 Å². The second-order valence-electron chi connectivity index (χ2n) is 4.86. The average molecular weight is 296 g/mol. The minimum atomic E-state index is -4.35. The number of alkyl halides is 3. The first-order valence-electron chi connectivity index (χ1n) is 6.50. The molecule has 0 saturated heterocycles. The molecular formula is C15H15F3N2O. The van der Waals surface area contributed by atoms with Crippen LogP contribution in [0.25, 0.3) is 0 Å². The van der Waals surface area contributed by atoms with Crippen LogP contribution in [0.4, 0.5) is 13.2 Å². The maximum atomic E-state index is 12.4. The van der Waals surface area contributed by atoms with Gasteiger partial charge in [0.15, 0.2) is 0 Å². The first kappa shape index (κ1) is 15.3. The second kappa shape index (κ2) is 6.11. The third kappa shape index (κ3) is 4.18. The summed E-state index contributed by atoms with van der Waals surface area (Å²) in [6.07, 6.45) is 0.115. The van der Waals surface area contributed by atoms with E-state index in [1.165, 1.54) is 12.1 Å². The highest BCUT2D eigenvalue weighted by Crippen LogP contribution is 2.29. The molecule has 3 nitrogen and oxygen atoms in total. The third-order valence-electron chi connectivity index (χ3n) is 3.23. The molecule has 6 heteroatoms. The van der Waals surface area contributed by atoms with Crippen LogP contribution in [0.1, 0.15) is 23.4 Å². The summed E-state index contributed by atoms with van der Waals surface area (Å²) >= 11 is 0. The van der Waals surface area contributed by atoms with Crippen LogP contribution < -0.4 is 0 Å². The Bertz CT molecular complexity index is 615. The summed E-state index contributed by atoms with van der Waals surface area (Å²) in [5, 5.41) is 0. The predicted molar refractivity (Wildman–Crippen MR) is 71.7 cm³/mol. The van der Waals surface area contributed by atoms with Gasteiger partial charge in [-0.15, -0.1) is 0 Å². The minimum absolute atomic E-state index is 0.0160. The number of aryl methyl sites for hydroxylation is 2. The van der Waals surface area contributed by atoms with Gasteiger partial charge in [0, 0.05) is 38.7 Å². The van der Waals surface area contributed by atoms with Gasteiger partial charge in [-0.1, -0.05) is 12.1 Å². The van der Waals surface area contributed by atoms with Gasteiger partial charge in [0.05, 0.1) is 5.56 Å². The van der Waals surface area contributed by atoms with Crippen molar-refractivity contribution in [3.05, 3.63) is 53.6 Å². The molecule has 0 bridgehead atoms. The maximum Gasteiger partial charge on any atom is 0.416 e. The predicted octanol–water partition coefficient (Wildman–Crippen LogP) is 3.18. The smallest absolute Gasteiger partial charge is 0.338 e. The van der Waals surface area contributed by atoms with E-state index in [1.54, 1.807) is 12.4 Å². The third-order valence-corrected chi connectivity index (χ3v) is 3.23. The highest BCUT2D eigenvalue weighted by molar-refractivity contribution is 5.81. The van der Waals surface area contributed by atoms with Crippen LogP contribution in [0.15, 0.2) is 36.7 Å². The SMILES string of the molecule is Cn1ccnc1CCC(=O)Cc1ccc(C(F)(F)F)cc1. The standard InChI is InChI=1S/C15H15F3N2O/c1-20-9-8-19-14(20)7-6-13(21)10-11-2-4-12(5-3-11)15(16,17)18/h2-5,8-9H,6-7,10H2,1H3. The molecule has 0 aliphatic rings. The Balaban J connectivity index is 1.89. The Morgan fingerprint density at radius 2 is 1.90 bits per heavy atom. The molecule has 0 fully saturated rings. The lowest BCUT2D eigenvalue weighted by molar-refractivity contribution is -0.137. The van der Waals surface area contributed by atoms with E-state index in [0.717, 1.165) is 18.0 Å². The molecule has 0 saturated carbocycles. The molecule has 2 rings (SSSR count). The Hall–Kier alpha value is -2.11. The fraction of sp³-hybridized carbons (Fsp3) is 0.333. The number of benzene rings is 1. The van der Waals surface area contributed by atoms with Crippen molar-refractivity contribution in [2.75, 3.05) is 0 Å². The van der Waals surface area contributed by atoms with E-state index < -0.39 is 11.7 Å². The number of carbonyl (C=O) groups is 1. The monoisotopic (exact) mass is 296 g/mol. The second-order valence-corrected chi connectivity index (χ2v) is 4.86. The van der Waals surface area contributed by atoms with Crippen LogP contribution in [-0.2, 0) is 30.9 Å². The van der Waals surface area contributed by atoms with E-state index in [0.29, 0.717) is 18.4 Å². The Kier molecular flexibility index (Phi) is 4.45.